The van der Waals surface area contributed by atoms with Crippen LogP contribution in [0.25, 0.3) is 22.2 Å². The molecule has 0 fully saturated rings. The van der Waals surface area contributed by atoms with E-state index in [1.807, 2.05) is 30.5 Å². The maximum atomic E-state index is 13.7. The molecule has 2 N–H and O–H groups in total. The molecule has 0 saturated heterocycles. The monoisotopic (exact) mass is 363 g/mol. The standard InChI is InChI=1S/C19H14FN5O2/c1-27-18-8-13(20)16(25-26)9-17(18)24-19-21-7-6-15(23-19)12-10-22-14-5-3-2-4-11(12)14/h2-10,22H,1H3,(H,21,23,24). The first-order valence-corrected chi connectivity index (χ1v) is 8.07. The molecule has 0 spiro atoms. The van der Waals surface area contributed by atoms with Gasteiger partial charge in [-0.2, -0.15) is 0 Å². The Morgan fingerprint density at radius 1 is 1.22 bits per heavy atom. The molecule has 2 heterocycles. The fourth-order valence-electron chi connectivity index (χ4n) is 2.85. The van der Waals surface area contributed by atoms with Crippen LogP contribution in [0.2, 0.25) is 0 Å². The molecular weight excluding hydrogens is 349 g/mol. The molecular formula is C19H14FN5O2. The van der Waals surface area contributed by atoms with E-state index in [4.69, 9.17) is 4.74 Å². The molecule has 7 nitrogen and oxygen atoms in total. The van der Waals surface area contributed by atoms with Crippen molar-refractivity contribution in [3.8, 4) is 17.0 Å². The normalized spacial score (nSPS) is 10.7. The van der Waals surface area contributed by atoms with Crippen LogP contribution in [0, 0.1) is 10.7 Å². The molecule has 0 aliphatic heterocycles. The zero-order valence-corrected chi connectivity index (χ0v) is 14.2. The third kappa shape index (κ3) is 3.08. The highest BCUT2D eigenvalue weighted by Crippen LogP contribution is 2.34. The van der Waals surface area contributed by atoms with Crippen molar-refractivity contribution in [1.82, 2.24) is 15.0 Å². The molecule has 0 aliphatic carbocycles. The van der Waals surface area contributed by atoms with Gasteiger partial charge in [-0.15, -0.1) is 4.91 Å². The third-order valence-corrected chi connectivity index (χ3v) is 4.13. The average Bonchev–Trinajstić information content (AvgIpc) is 3.13. The van der Waals surface area contributed by atoms with E-state index in [-0.39, 0.29) is 17.4 Å². The Balaban J connectivity index is 1.73. The van der Waals surface area contributed by atoms with Crippen LogP contribution in [0.5, 0.6) is 5.75 Å². The smallest absolute Gasteiger partial charge is 0.227 e. The second kappa shape index (κ2) is 6.83. The van der Waals surface area contributed by atoms with Gasteiger partial charge >= 0.3 is 0 Å². The van der Waals surface area contributed by atoms with Crippen molar-refractivity contribution in [3.05, 3.63) is 65.6 Å². The molecule has 27 heavy (non-hydrogen) atoms. The molecule has 134 valence electrons. The fourth-order valence-corrected chi connectivity index (χ4v) is 2.85. The Morgan fingerprint density at radius 3 is 2.89 bits per heavy atom. The molecule has 0 atom stereocenters. The fraction of sp³-hybridized carbons (Fsp3) is 0.0526. The number of hydrogen-bond donors (Lipinski definition) is 2. The van der Waals surface area contributed by atoms with Crippen molar-refractivity contribution in [1.29, 1.82) is 0 Å². The summed E-state index contributed by atoms with van der Waals surface area (Å²) in [5, 5.41) is 6.66. The minimum Gasteiger partial charge on any atom is -0.494 e. The summed E-state index contributed by atoms with van der Waals surface area (Å²) < 4.78 is 18.9. The predicted octanol–water partition coefficient (Wildman–Crippen LogP) is 4.91. The lowest BCUT2D eigenvalue weighted by Crippen LogP contribution is -2.00. The molecule has 4 aromatic rings. The summed E-state index contributed by atoms with van der Waals surface area (Å²) in [6.07, 6.45) is 3.49. The number of methoxy groups -OCH3 is 1. The number of benzene rings is 2. The highest BCUT2D eigenvalue weighted by molar-refractivity contribution is 5.94. The Kier molecular flexibility index (Phi) is 4.21. The van der Waals surface area contributed by atoms with Crippen LogP contribution >= 0.6 is 0 Å². The van der Waals surface area contributed by atoms with E-state index in [9.17, 15) is 9.30 Å². The first-order chi connectivity index (χ1) is 13.2. The number of aromatic nitrogens is 3. The zero-order chi connectivity index (χ0) is 18.8. The van der Waals surface area contributed by atoms with Gasteiger partial charge in [0.15, 0.2) is 5.82 Å². The number of ether oxygens (including phenoxy) is 1. The molecule has 2 aromatic carbocycles. The molecule has 0 aliphatic rings. The summed E-state index contributed by atoms with van der Waals surface area (Å²) in [6, 6.07) is 12.0. The van der Waals surface area contributed by atoms with E-state index in [1.54, 1.807) is 12.3 Å². The number of para-hydroxylation sites is 1. The Bertz CT molecular complexity index is 1140. The van der Waals surface area contributed by atoms with Crippen LogP contribution in [-0.4, -0.2) is 22.1 Å². The summed E-state index contributed by atoms with van der Waals surface area (Å²) in [7, 11) is 1.40. The molecule has 0 saturated carbocycles. The number of nitroso groups, excluding NO2 is 1. The van der Waals surface area contributed by atoms with Gasteiger partial charge in [-0.3, -0.25) is 0 Å². The molecule has 0 amide bonds. The van der Waals surface area contributed by atoms with E-state index < -0.39 is 5.82 Å². The lowest BCUT2D eigenvalue weighted by atomic mass is 10.1. The Hall–Kier alpha value is -3.81. The summed E-state index contributed by atoms with van der Waals surface area (Å²) in [6.45, 7) is 0. The quantitative estimate of drug-likeness (QED) is 0.491. The summed E-state index contributed by atoms with van der Waals surface area (Å²) in [4.78, 5) is 22.7. The first-order valence-electron chi connectivity index (χ1n) is 8.07. The van der Waals surface area contributed by atoms with Gasteiger partial charge in [0.2, 0.25) is 5.95 Å². The van der Waals surface area contributed by atoms with Crippen LogP contribution in [0.4, 0.5) is 21.7 Å². The number of nitrogens with zero attached hydrogens (tertiary/aromatic N) is 3. The second-order valence-corrected chi connectivity index (χ2v) is 5.73. The number of fused-ring (bicyclic) bond motifs is 1. The molecule has 0 unspecified atom stereocenters. The van der Waals surface area contributed by atoms with Crippen molar-refractivity contribution in [3.63, 3.8) is 0 Å². The van der Waals surface area contributed by atoms with Gasteiger partial charge in [0.25, 0.3) is 0 Å². The molecule has 0 radical (unpaired) electrons. The largest absolute Gasteiger partial charge is 0.494 e. The highest BCUT2D eigenvalue weighted by Gasteiger charge is 2.13. The van der Waals surface area contributed by atoms with Gasteiger partial charge in [0.1, 0.15) is 11.4 Å². The third-order valence-electron chi connectivity index (χ3n) is 4.13. The van der Waals surface area contributed by atoms with Gasteiger partial charge in [0.05, 0.1) is 18.5 Å². The van der Waals surface area contributed by atoms with E-state index >= 15 is 0 Å². The van der Waals surface area contributed by atoms with Gasteiger partial charge in [-0.25, -0.2) is 14.4 Å². The lowest BCUT2D eigenvalue weighted by Gasteiger charge is -2.11. The van der Waals surface area contributed by atoms with E-state index in [0.29, 0.717) is 11.4 Å². The highest BCUT2D eigenvalue weighted by atomic mass is 19.1. The van der Waals surface area contributed by atoms with Crippen molar-refractivity contribution < 1.29 is 9.13 Å². The maximum Gasteiger partial charge on any atom is 0.227 e. The van der Waals surface area contributed by atoms with Crippen molar-refractivity contribution in [2.75, 3.05) is 12.4 Å². The van der Waals surface area contributed by atoms with Crippen LogP contribution in [0.3, 0.4) is 0 Å². The van der Waals surface area contributed by atoms with Gasteiger partial charge in [-0.1, -0.05) is 18.2 Å². The first kappa shape index (κ1) is 16.6. The number of nitrogens with one attached hydrogen (secondary N) is 2. The van der Waals surface area contributed by atoms with Crippen LogP contribution in [-0.2, 0) is 0 Å². The predicted molar refractivity (Wildman–Crippen MR) is 101 cm³/mol. The molecule has 2 aromatic heterocycles. The van der Waals surface area contributed by atoms with Crippen LogP contribution in [0.1, 0.15) is 0 Å². The number of H-pyrrole nitrogens is 1. The van der Waals surface area contributed by atoms with Crippen LogP contribution in [0.15, 0.2) is 60.0 Å². The molecule has 4 rings (SSSR count). The Morgan fingerprint density at radius 2 is 2.07 bits per heavy atom. The van der Waals surface area contributed by atoms with Gasteiger partial charge in [0, 0.05) is 34.9 Å². The number of anilines is 2. The number of halogens is 1. The summed E-state index contributed by atoms with van der Waals surface area (Å²) in [5.41, 5.74) is 2.65. The van der Waals surface area contributed by atoms with E-state index in [2.05, 4.69) is 25.4 Å². The summed E-state index contributed by atoms with van der Waals surface area (Å²) >= 11 is 0. The minimum atomic E-state index is -0.763. The van der Waals surface area contributed by atoms with Gasteiger partial charge in [-0.05, 0) is 23.4 Å². The maximum absolute atomic E-state index is 13.7. The number of rotatable bonds is 5. The van der Waals surface area contributed by atoms with Gasteiger partial charge < -0.3 is 15.0 Å². The van der Waals surface area contributed by atoms with Crippen molar-refractivity contribution in [2.45, 2.75) is 0 Å². The second-order valence-electron chi connectivity index (χ2n) is 5.73. The number of hydrogen-bond acceptors (Lipinski definition) is 6. The summed E-state index contributed by atoms with van der Waals surface area (Å²) in [5.74, 6) is -0.276. The Labute approximate surface area is 153 Å². The minimum absolute atomic E-state index is 0.209. The topological polar surface area (TPSA) is 92.3 Å². The van der Waals surface area contributed by atoms with E-state index in [0.717, 1.165) is 22.5 Å². The SMILES string of the molecule is COc1cc(F)c(N=O)cc1Nc1nccc(-c2c[nH]c3ccccc23)n1. The molecule has 0 bridgehead atoms. The van der Waals surface area contributed by atoms with Crippen molar-refractivity contribution >= 4 is 28.2 Å². The van der Waals surface area contributed by atoms with Crippen LogP contribution < -0.4 is 10.1 Å². The average molecular weight is 363 g/mol. The van der Waals surface area contributed by atoms with Crippen molar-refractivity contribution in [2.24, 2.45) is 5.18 Å². The number of aromatic amines is 1. The van der Waals surface area contributed by atoms with E-state index in [1.165, 1.54) is 13.2 Å². The zero-order valence-electron chi connectivity index (χ0n) is 14.2. The lowest BCUT2D eigenvalue weighted by molar-refractivity contribution is 0.413. The molecule has 8 heteroatoms.